The number of amides is 1. The molecule has 0 spiro atoms. The van der Waals surface area contributed by atoms with Gasteiger partial charge in [0, 0.05) is 22.1 Å². The first kappa shape index (κ1) is 21.6. The van der Waals surface area contributed by atoms with Crippen LogP contribution in [0.5, 0.6) is 0 Å². The van der Waals surface area contributed by atoms with Crippen LogP contribution in [0.15, 0.2) is 90.1 Å². The third kappa shape index (κ3) is 6.44. The predicted octanol–water partition coefficient (Wildman–Crippen LogP) is 5.74. The van der Waals surface area contributed by atoms with Crippen molar-refractivity contribution < 1.29 is 4.79 Å². The van der Waals surface area contributed by atoms with Crippen LogP contribution in [-0.4, -0.2) is 26.6 Å². The zero-order valence-corrected chi connectivity index (χ0v) is 18.4. The molecule has 0 fully saturated rings. The second-order valence-electron chi connectivity index (χ2n) is 6.59. The van der Waals surface area contributed by atoms with Crippen LogP contribution in [0.1, 0.15) is 0 Å². The largest absolute Gasteiger partial charge is 0.325 e. The molecule has 1 heterocycles. The molecule has 0 aliphatic rings. The highest BCUT2D eigenvalue weighted by atomic mass is 35.5. The van der Waals surface area contributed by atoms with Crippen molar-refractivity contribution in [3.63, 3.8) is 0 Å². The van der Waals surface area contributed by atoms with E-state index in [4.69, 9.17) is 11.6 Å². The van der Waals surface area contributed by atoms with Gasteiger partial charge in [-0.25, -0.2) is 0 Å². The van der Waals surface area contributed by atoms with Gasteiger partial charge < -0.3 is 16.0 Å². The van der Waals surface area contributed by atoms with E-state index in [2.05, 4.69) is 30.9 Å². The van der Waals surface area contributed by atoms with Crippen LogP contribution >= 0.6 is 23.4 Å². The molecule has 9 heteroatoms. The number of anilines is 5. The third-order valence-corrected chi connectivity index (χ3v) is 5.20. The number of rotatable bonds is 8. The number of thioether (sulfide) groups is 1. The summed E-state index contributed by atoms with van der Waals surface area (Å²) in [7, 11) is 0. The Morgan fingerprint density at radius 3 is 1.88 bits per heavy atom. The second-order valence-corrected chi connectivity index (χ2v) is 7.97. The molecular formula is C23H19ClN6OS. The van der Waals surface area contributed by atoms with Gasteiger partial charge in [0.2, 0.25) is 17.8 Å². The molecular weight excluding hydrogens is 444 g/mol. The molecule has 32 heavy (non-hydrogen) atoms. The molecule has 0 bridgehead atoms. The van der Waals surface area contributed by atoms with Crippen LogP contribution in [0.3, 0.4) is 0 Å². The first-order valence-corrected chi connectivity index (χ1v) is 11.1. The van der Waals surface area contributed by atoms with Crippen molar-refractivity contribution >= 4 is 58.2 Å². The summed E-state index contributed by atoms with van der Waals surface area (Å²) in [5.41, 5.74) is 2.33. The van der Waals surface area contributed by atoms with Gasteiger partial charge in [0.25, 0.3) is 0 Å². The van der Waals surface area contributed by atoms with E-state index < -0.39 is 0 Å². The highest BCUT2D eigenvalue weighted by molar-refractivity contribution is 7.99. The highest BCUT2D eigenvalue weighted by Crippen LogP contribution is 2.22. The van der Waals surface area contributed by atoms with Crippen LogP contribution in [0.25, 0.3) is 0 Å². The number of hydrogen-bond donors (Lipinski definition) is 3. The number of nitrogens with one attached hydrogen (secondary N) is 3. The van der Waals surface area contributed by atoms with Crippen molar-refractivity contribution in [3.8, 4) is 0 Å². The first-order valence-electron chi connectivity index (χ1n) is 9.72. The minimum absolute atomic E-state index is 0.131. The Balaban J connectivity index is 1.49. The van der Waals surface area contributed by atoms with Gasteiger partial charge in [-0.1, -0.05) is 65.8 Å². The molecule has 3 aromatic carbocycles. The van der Waals surface area contributed by atoms with E-state index in [9.17, 15) is 4.79 Å². The Labute approximate surface area is 194 Å². The number of carbonyl (C=O) groups is 1. The normalized spacial score (nSPS) is 10.4. The number of para-hydroxylation sites is 2. The zero-order valence-electron chi connectivity index (χ0n) is 16.8. The van der Waals surface area contributed by atoms with E-state index in [0.29, 0.717) is 27.8 Å². The number of hydrogen-bond acceptors (Lipinski definition) is 7. The first-order chi connectivity index (χ1) is 15.6. The minimum Gasteiger partial charge on any atom is -0.325 e. The molecule has 4 aromatic rings. The molecule has 0 aliphatic carbocycles. The molecule has 0 saturated heterocycles. The molecule has 4 rings (SSSR count). The number of nitrogens with zero attached hydrogens (tertiary/aromatic N) is 3. The predicted molar refractivity (Wildman–Crippen MR) is 130 cm³/mol. The SMILES string of the molecule is O=C(CSc1nc(Nc2ccccc2)nc(Nc2ccccc2)n1)Nc1cccc(Cl)c1. The summed E-state index contributed by atoms with van der Waals surface area (Å²) in [4.78, 5) is 25.7. The summed E-state index contributed by atoms with van der Waals surface area (Å²) in [6.07, 6.45) is 0. The summed E-state index contributed by atoms with van der Waals surface area (Å²) in [5, 5.41) is 10.1. The Morgan fingerprint density at radius 1 is 0.750 bits per heavy atom. The monoisotopic (exact) mass is 462 g/mol. The highest BCUT2D eigenvalue weighted by Gasteiger charge is 2.11. The zero-order chi connectivity index (χ0) is 22.2. The summed E-state index contributed by atoms with van der Waals surface area (Å²) in [6.45, 7) is 0. The van der Waals surface area contributed by atoms with E-state index in [0.717, 1.165) is 11.4 Å². The molecule has 160 valence electrons. The summed E-state index contributed by atoms with van der Waals surface area (Å²) in [5.74, 6) is 0.698. The van der Waals surface area contributed by atoms with Crippen molar-refractivity contribution in [1.82, 2.24) is 15.0 Å². The van der Waals surface area contributed by atoms with Gasteiger partial charge in [0.15, 0.2) is 5.16 Å². The summed E-state index contributed by atoms with van der Waals surface area (Å²) in [6, 6.07) is 26.2. The summed E-state index contributed by atoms with van der Waals surface area (Å²) < 4.78 is 0. The smallest absolute Gasteiger partial charge is 0.234 e. The molecule has 3 N–H and O–H groups in total. The maximum atomic E-state index is 12.4. The van der Waals surface area contributed by atoms with E-state index >= 15 is 0 Å². The van der Waals surface area contributed by atoms with E-state index in [1.54, 1.807) is 24.3 Å². The quantitative estimate of drug-likeness (QED) is 0.287. The molecule has 0 radical (unpaired) electrons. The third-order valence-electron chi connectivity index (χ3n) is 4.12. The number of halogens is 1. The van der Waals surface area contributed by atoms with Crippen LogP contribution in [-0.2, 0) is 4.79 Å². The van der Waals surface area contributed by atoms with Crippen LogP contribution in [0, 0.1) is 0 Å². The minimum atomic E-state index is -0.187. The fourth-order valence-corrected chi connectivity index (χ4v) is 3.55. The molecule has 0 unspecified atom stereocenters. The van der Waals surface area contributed by atoms with Crippen molar-refractivity contribution in [2.75, 3.05) is 21.7 Å². The lowest BCUT2D eigenvalue weighted by Crippen LogP contribution is -2.14. The van der Waals surface area contributed by atoms with Crippen LogP contribution in [0.4, 0.5) is 29.0 Å². The molecule has 1 amide bonds. The lowest BCUT2D eigenvalue weighted by molar-refractivity contribution is -0.113. The molecule has 0 atom stereocenters. The van der Waals surface area contributed by atoms with Crippen molar-refractivity contribution in [2.24, 2.45) is 0 Å². The standard InChI is InChI=1S/C23H19ClN6OS/c24-16-8-7-13-19(14-16)25-20(31)15-32-23-29-21(26-17-9-3-1-4-10-17)28-22(30-23)27-18-11-5-2-6-12-18/h1-14H,15H2,(H,25,31)(H2,26,27,28,29,30). The van der Waals surface area contributed by atoms with Gasteiger partial charge in [-0.3, -0.25) is 4.79 Å². The second kappa shape index (κ2) is 10.6. The molecule has 1 aromatic heterocycles. The maximum absolute atomic E-state index is 12.4. The fraction of sp³-hybridized carbons (Fsp3) is 0.0435. The Kier molecular flexibility index (Phi) is 7.16. The van der Waals surface area contributed by atoms with Crippen molar-refractivity contribution in [2.45, 2.75) is 5.16 Å². The average molecular weight is 463 g/mol. The van der Waals surface area contributed by atoms with Gasteiger partial charge in [-0.2, -0.15) is 15.0 Å². The number of carbonyl (C=O) groups excluding carboxylic acids is 1. The fourth-order valence-electron chi connectivity index (χ4n) is 2.73. The van der Waals surface area contributed by atoms with Crippen LogP contribution < -0.4 is 16.0 Å². The Morgan fingerprint density at radius 2 is 1.31 bits per heavy atom. The molecule has 7 nitrogen and oxygen atoms in total. The van der Waals surface area contributed by atoms with E-state index in [-0.39, 0.29) is 11.7 Å². The number of benzene rings is 3. The maximum Gasteiger partial charge on any atom is 0.234 e. The number of aromatic nitrogens is 3. The Hall–Kier alpha value is -3.62. The lowest BCUT2D eigenvalue weighted by Gasteiger charge is -2.10. The van der Waals surface area contributed by atoms with Crippen LogP contribution in [0.2, 0.25) is 5.02 Å². The van der Waals surface area contributed by atoms with Crippen molar-refractivity contribution in [3.05, 3.63) is 90.0 Å². The van der Waals surface area contributed by atoms with E-state index in [1.165, 1.54) is 11.8 Å². The summed E-state index contributed by atoms with van der Waals surface area (Å²) >= 11 is 7.19. The van der Waals surface area contributed by atoms with E-state index in [1.807, 2.05) is 60.7 Å². The Bertz CT molecular complexity index is 1130. The van der Waals surface area contributed by atoms with Gasteiger partial charge in [-0.05, 0) is 42.5 Å². The topological polar surface area (TPSA) is 91.8 Å². The van der Waals surface area contributed by atoms with Gasteiger partial charge in [-0.15, -0.1) is 0 Å². The average Bonchev–Trinajstić information content (AvgIpc) is 2.79. The lowest BCUT2D eigenvalue weighted by atomic mass is 10.3. The van der Waals surface area contributed by atoms with Crippen molar-refractivity contribution in [1.29, 1.82) is 0 Å². The molecule has 0 aliphatic heterocycles. The van der Waals surface area contributed by atoms with Gasteiger partial charge in [0.1, 0.15) is 0 Å². The van der Waals surface area contributed by atoms with Gasteiger partial charge >= 0.3 is 0 Å². The van der Waals surface area contributed by atoms with Gasteiger partial charge in [0.05, 0.1) is 5.75 Å². The molecule has 0 saturated carbocycles.